The van der Waals surface area contributed by atoms with Crippen molar-refractivity contribution in [3.05, 3.63) is 53.7 Å². The lowest BCUT2D eigenvalue weighted by Gasteiger charge is -2.27. The zero-order valence-electron chi connectivity index (χ0n) is 18.4. The van der Waals surface area contributed by atoms with Gasteiger partial charge in [-0.05, 0) is 57.2 Å². The minimum atomic E-state index is -1.02. The molecule has 1 amide bonds. The highest BCUT2D eigenvalue weighted by atomic mass is 16.5. The van der Waals surface area contributed by atoms with Crippen molar-refractivity contribution < 1.29 is 28.6 Å². The second-order valence-corrected chi connectivity index (χ2v) is 7.57. The summed E-state index contributed by atoms with van der Waals surface area (Å²) in [5.74, 6) is -0.806. The topological polar surface area (TPSA) is 107 Å². The molecule has 1 aliphatic heterocycles. The lowest BCUT2D eigenvalue weighted by molar-refractivity contribution is -0.123. The molecule has 0 radical (unpaired) electrons. The van der Waals surface area contributed by atoms with Crippen molar-refractivity contribution in [3.63, 3.8) is 0 Å². The molecule has 9 heteroatoms. The Morgan fingerprint density at radius 3 is 2.16 bits per heavy atom. The number of ether oxygens (including phenoxy) is 3. The molecule has 2 heterocycles. The number of amides is 1. The Morgan fingerprint density at radius 2 is 1.56 bits per heavy atom. The van der Waals surface area contributed by atoms with E-state index in [1.165, 1.54) is 13.1 Å². The Hall–Kier alpha value is -3.46. The first-order valence-corrected chi connectivity index (χ1v) is 10.4. The molecule has 1 N–H and O–H groups in total. The number of aromatic nitrogens is 1. The third-order valence-corrected chi connectivity index (χ3v) is 4.70. The van der Waals surface area contributed by atoms with Crippen LogP contribution in [0.5, 0.6) is 0 Å². The minimum absolute atomic E-state index is 0.219. The number of hydrogen-bond acceptors (Lipinski definition) is 8. The number of nitrogens with one attached hydrogen (secondary N) is 1. The van der Waals surface area contributed by atoms with Crippen molar-refractivity contribution in [2.75, 3.05) is 36.5 Å². The van der Waals surface area contributed by atoms with Crippen LogP contribution in [-0.4, -0.2) is 61.3 Å². The van der Waals surface area contributed by atoms with Gasteiger partial charge in [-0.25, -0.2) is 14.6 Å². The van der Waals surface area contributed by atoms with Crippen LogP contribution in [0.1, 0.15) is 41.5 Å². The molecule has 1 unspecified atom stereocenters. The fourth-order valence-corrected chi connectivity index (χ4v) is 2.98. The van der Waals surface area contributed by atoms with Crippen LogP contribution in [-0.2, 0) is 19.0 Å². The predicted octanol–water partition coefficient (Wildman–Crippen LogP) is 2.67. The molecule has 2 aromatic rings. The summed E-state index contributed by atoms with van der Waals surface area (Å²) in [6.07, 6.45) is 0.197. The third-order valence-electron chi connectivity index (χ3n) is 4.70. The fourth-order valence-electron chi connectivity index (χ4n) is 2.98. The monoisotopic (exact) mass is 441 g/mol. The number of esters is 2. The molecule has 3 rings (SSSR count). The lowest BCUT2D eigenvalue weighted by atomic mass is 10.2. The zero-order valence-corrected chi connectivity index (χ0v) is 18.4. The van der Waals surface area contributed by atoms with Gasteiger partial charge in [-0.2, -0.15) is 0 Å². The van der Waals surface area contributed by atoms with Gasteiger partial charge < -0.3 is 24.4 Å². The van der Waals surface area contributed by atoms with Crippen molar-refractivity contribution in [3.8, 4) is 0 Å². The molecule has 1 fully saturated rings. The summed E-state index contributed by atoms with van der Waals surface area (Å²) in [4.78, 5) is 43.0. The van der Waals surface area contributed by atoms with E-state index in [4.69, 9.17) is 14.2 Å². The van der Waals surface area contributed by atoms with Gasteiger partial charge >= 0.3 is 11.9 Å². The van der Waals surface area contributed by atoms with Crippen LogP contribution < -0.4 is 10.2 Å². The van der Waals surface area contributed by atoms with Crippen molar-refractivity contribution in [1.29, 1.82) is 0 Å². The average Bonchev–Trinajstić information content (AvgIpc) is 2.79. The maximum Gasteiger partial charge on any atom is 0.340 e. The normalized spacial score (nSPS) is 14.6. The Morgan fingerprint density at radius 1 is 0.938 bits per heavy atom. The van der Waals surface area contributed by atoms with E-state index in [9.17, 15) is 14.4 Å². The van der Waals surface area contributed by atoms with Crippen LogP contribution in [0.4, 0.5) is 11.5 Å². The molecule has 1 atom stereocenters. The molecule has 0 saturated carbocycles. The molecule has 9 nitrogen and oxygen atoms in total. The summed E-state index contributed by atoms with van der Waals surface area (Å²) in [5.41, 5.74) is 1.11. The second-order valence-electron chi connectivity index (χ2n) is 7.57. The highest BCUT2D eigenvalue weighted by molar-refractivity contribution is 5.97. The molecule has 0 spiro atoms. The number of morpholine rings is 1. The van der Waals surface area contributed by atoms with E-state index in [0.29, 0.717) is 24.5 Å². The van der Waals surface area contributed by atoms with Gasteiger partial charge in [0.1, 0.15) is 5.82 Å². The van der Waals surface area contributed by atoms with Crippen LogP contribution in [0.15, 0.2) is 42.6 Å². The quantitative estimate of drug-likeness (QED) is 0.654. The highest BCUT2D eigenvalue weighted by Crippen LogP contribution is 2.15. The van der Waals surface area contributed by atoms with E-state index in [1.807, 2.05) is 0 Å². The summed E-state index contributed by atoms with van der Waals surface area (Å²) in [7, 11) is 0. The lowest BCUT2D eigenvalue weighted by Crippen LogP contribution is -2.36. The van der Waals surface area contributed by atoms with E-state index in [1.54, 1.807) is 50.2 Å². The summed E-state index contributed by atoms with van der Waals surface area (Å²) in [6.45, 7) is 7.79. The van der Waals surface area contributed by atoms with Gasteiger partial charge in [0.25, 0.3) is 5.91 Å². The van der Waals surface area contributed by atoms with Gasteiger partial charge in [0, 0.05) is 25.0 Å². The second kappa shape index (κ2) is 10.7. The number of rotatable bonds is 7. The SMILES string of the molecule is CC(C)OC(=O)c1ccc(NC(=O)C(C)OC(=O)c2ccc(N3CCOCC3)nc2)cc1. The largest absolute Gasteiger partial charge is 0.459 e. The van der Waals surface area contributed by atoms with E-state index in [2.05, 4.69) is 15.2 Å². The molecule has 32 heavy (non-hydrogen) atoms. The van der Waals surface area contributed by atoms with Crippen LogP contribution >= 0.6 is 0 Å². The van der Waals surface area contributed by atoms with Gasteiger partial charge in [-0.15, -0.1) is 0 Å². The number of hydrogen-bond donors (Lipinski definition) is 1. The Balaban J connectivity index is 1.52. The van der Waals surface area contributed by atoms with Crippen molar-refractivity contribution >= 4 is 29.4 Å². The predicted molar refractivity (Wildman–Crippen MR) is 118 cm³/mol. The Labute approximate surface area is 186 Å². The molecule has 170 valence electrons. The van der Waals surface area contributed by atoms with Crippen LogP contribution in [0, 0.1) is 0 Å². The molecule has 0 bridgehead atoms. The van der Waals surface area contributed by atoms with Crippen molar-refractivity contribution in [1.82, 2.24) is 4.98 Å². The molecule has 1 aromatic carbocycles. The zero-order chi connectivity index (χ0) is 23.1. The van der Waals surface area contributed by atoms with Gasteiger partial charge in [-0.1, -0.05) is 0 Å². The number of carbonyl (C=O) groups is 3. The Kier molecular flexibility index (Phi) is 7.77. The number of benzene rings is 1. The van der Waals surface area contributed by atoms with Gasteiger partial charge in [0.2, 0.25) is 0 Å². The maximum atomic E-state index is 12.4. The summed E-state index contributed by atoms with van der Waals surface area (Å²) in [6, 6.07) is 9.64. The highest BCUT2D eigenvalue weighted by Gasteiger charge is 2.20. The molecular formula is C23H27N3O6. The van der Waals surface area contributed by atoms with E-state index >= 15 is 0 Å². The van der Waals surface area contributed by atoms with E-state index in [-0.39, 0.29) is 11.7 Å². The first-order valence-electron chi connectivity index (χ1n) is 10.4. The van der Waals surface area contributed by atoms with E-state index < -0.39 is 23.9 Å². The number of pyridine rings is 1. The fraction of sp³-hybridized carbons (Fsp3) is 0.391. The van der Waals surface area contributed by atoms with Crippen molar-refractivity contribution in [2.24, 2.45) is 0 Å². The van der Waals surface area contributed by atoms with Crippen LogP contribution in [0.3, 0.4) is 0 Å². The molecule has 1 aliphatic rings. The van der Waals surface area contributed by atoms with E-state index in [0.717, 1.165) is 18.9 Å². The first kappa shape index (κ1) is 23.2. The third kappa shape index (κ3) is 6.27. The summed E-state index contributed by atoms with van der Waals surface area (Å²) < 4.78 is 15.7. The van der Waals surface area contributed by atoms with Crippen molar-refractivity contribution in [2.45, 2.75) is 33.0 Å². The average molecular weight is 441 g/mol. The minimum Gasteiger partial charge on any atom is -0.459 e. The van der Waals surface area contributed by atoms with Gasteiger partial charge in [0.15, 0.2) is 6.10 Å². The van der Waals surface area contributed by atoms with Crippen LogP contribution in [0.25, 0.3) is 0 Å². The van der Waals surface area contributed by atoms with Crippen LogP contribution in [0.2, 0.25) is 0 Å². The number of carbonyl (C=O) groups excluding carboxylic acids is 3. The standard InChI is InChI=1S/C23H27N3O6/c1-15(2)31-22(28)17-4-7-19(8-5-17)25-21(27)16(3)32-23(29)18-6-9-20(24-14-18)26-10-12-30-13-11-26/h4-9,14-16H,10-13H2,1-3H3,(H,25,27). The molecule has 0 aliphatic carbocycles. The first-order chi connectivity index (χ1) is 15.3. The maximum absolute atomic E-state index is 12.4. The molecule has 1 saturated heterocycles. The summed E-state index contributed by atoms with van der Waals surface area (Å²) >= 11 is 0. The molecule has 1 aromatic heterocycles. The Bertz CT molecular complexity index is 937. The van der Waals surface area contributed by atoms with Gasteiger partial charge in [-0.3, -0.25) is 4.79 Å². The number of nitrogens with zero attached hydrogens (tertiary/aromatic N) is 2. The number of anilines is 2. The smallest absolute Gasteiger partial charge is 0.340 e. The van der Waals surface area contributed by atoms with Gasteiger partial charge in [0.05, 0.1) is 30.4 Å². The molecular weight excluding hydrogens is 414 g/mol. The summed E-state index contributed by atoms with van der Waals surface area (Å²) in [5, 5.41) is 2.66.